The Kier molecular flexibility index (Phi) is 3.88. The molecule has 0 amide bonds. The van der Waals surface area contributed by atoms with Crippen LogP contribution in [0.3, 0.4) is 0 Å². The topological polar surface area (TPSA) is 75.8 Å². The molecule has 0 aliphatic heterocycles. The highest BCUT2D eigenvalue weighted by molar-refractivity contribution is 6.02. The smallest absolute Gasteiger partial charge is 0.256 e. The van der Waals surface area contributed by atoms with Gasteiger partial charge in [-0.05, 0) is 18.8 Å². The molecule has 136 valence electrons. The Labute approximate surface area is 158 Å². The van der Waals surface area contributed by atoms with Gasteiger partial charge in [0.2, 0.25) is 0 Å². The molecule has 0 saturated heterocycles. The van der Waals surface area contributed by atoms with Crippen molar-refractivity contribution in [2.45, 2.75) is 32.1 Å². The molecule has 2 aliphatic rings. The molecule has 0 unspecified atom stereocenters. The van der Waals surface area contributed by atoms with Gasteiger partial charge >= 0.3 is 0 Å². The number of hydrogen-bond donors (Lipinski definition) is 0. The van der Waals surface area contributed by atoms with Crippen molar-refractivity contribution >= 4 is 5.78 Å². The standard InChI is InChI=1S/C22H21N3O2/c1-13-17-10-9-16-19(22(17,2)11-15(12-23)18(13)26)24-20(25(3)21(16)27)14-7-5-4-6-8-14/h4-8,11,13,17H,9-10H2,1-3H3/t13-,17-,22-/m0/s1. The van der Waals surface area contributed by atoms with Gasteiger partial charge < -0.3 is 0 Å². The number of allylic oxidation sites excluding steroid dienone is 2. The van der Waals surface area contributed by atoms with Crippen LogP contribution in [-0.2, 0) is 23.7 Å². The SMILES string of the molecule is C[C@@H]1C(=O)C(C#N)=C[C@]2(C)c3nc(-c4ccccc4)n(C)c(=O)c3CC[C@@H]12. The molecular weight excluding hydrogens is 338 g/mol. The van der Waals surface area contributed by atoms with Crippen LogP contribution in [0, 0.1) is 23.2 Å². The van der Waals surface area contributed by atoms with Crippen LogP contribution >= 0.6 is 0 Å². The molecule has 0 bridgehead atoms. The number of Topliss-reactive ketones (excluding diaryl/α,β-unsaturated/α-hetero) is 1. The lowest BCUT2D eigenvalue weighted by atomic mass is 9.58. The van der Waals surface area contributed by atoms with Gasteiger partial charge in [0.15, 0.2) is 5.78 Å². The van der Waals surface area contributed by atoms with Crippen LogP contribution in [-0.4, -0.2) is 15.3 Å². The van der Waals surface area contributed by atoms with Gasteiger partial charge in [0, 0.05) is 29.5 Å². The number of carbonyl (C=O) groups is 1. The van der Waals surface area contributed by atoms with Crippen molar-refractivity contribution in [1.82, 2.24) is 9.55 Å². The zero-order valence-corrected chi connectivity index (χ0v) is 15.7. The van der Waals surface area contributed by atoms with E-state index in [1.54, 1.807) is 17.7 Å². The quantitative estimate of drug-likeness (QED) is 0.784. The van der Waals surface area contributed by atoms with Crippen LogP contribution in [0.15, 0.2) is 46.8 Å². The Morgan fingerprint density at radius 3 is 2.63 bits per heavy atom. The Morgan fingerprint density at radius 1 is 1.26 bits per heavy atom. The fourth-order valence-electron chi connectivity index (χ4n) is 4.77. The Balaban J connectivity index is 2.02. The van der Waals surface area contributed by atoms with E-state index in [9.17, 15) is 14.9 Å². The predicted octanol–water partition coefficient (Wildman–Crippen LogP) is 2.94. The molecule has 1 aromatic carbocycles. The maximum absolute atomic E-state index is 13.1. The van der Waals surface area contributed by atoms with E-state index in [-0.39, 0.29) is 28.8 Å². The minimum Gasteiger partial charge on any atom is -0.296 e. The summed E-state index contributed by atoms with van der Waals surface area (Å²) in [5, 5.41) is 9.44. The van der Waals surface area contributed by atoms with Gasteiger partial charge in [-0.1, -0.05) is 50.3 Å². The van der Waals surface area contributed by atoms with Crippen molar-refractivity contribution in [2.75, 3.05) is 0 Å². The normalized spacial score (nSPS) is 26.6. The monoisotopic (exact) mass is 359 g/mol. The highest BCUT2D eigenvalue weighted by atomic mass is 16.1. The van der Waals surface area contributed by atoms with E-state index in [2.05, 4.69) is 0 Å². The third kappa shape index (κ3) is 2.40. The summed E-state index contributed by atoms with van der Waals surface area (Å²) in [6.07, 6.45) is 3.10. The van der Waals surface area contributed by atoms with Crippen molar-refractivity contribution in [3.05, 3.63) is 63.6 Å². The minimum atomic E-state index is -0.594. The summed E-state index contributed by atoms with van der Waals surface area (Å²) in [6.45, 7) is 3.90. The van der Waals surface area contributed by atoms with Gasteiger partial charge in [0.1, 0.15) is 11.9 Å². The average molecular weight is 359 g/mol. The summed E-state index contributed by atoms with van der Waals surface area (Å²) in [6, 6.07) is 11.7. The summed E-state index contributed by atoms with van der Waals surface area (Å²) >= 11 is 0. The zero-order chi connectivity index (χ0) is 19.3. The summed E-state index contributed by atoms with van der Waals surface area (Å²) < 4.78 is 1.60. The zero-order valence-electron chi connectivity index (χ0n) is 15.7. The van der Waals surface area contributed by atoms with Crippen LogP contribution in [0.5, 0.6) is 0 Å². The first kappa shape index (κ1) is 17.4. The number of rotatable bonds is 1. The largest absolute Gasteiger partial charge is 0.296 e. The molecule has 2 aliphatic carbocycles. The Hall–Kier alpha value is -3.00. The van der Waals surface area contributed by atoms with E-state index in [1.165, 1.54) is 0 Å². The number of nitriles is 1. The van der Waals surface area contributed by atoms with Crippen molar-refractivity contribution in [1.29, 1.82) is 5.26 Å². The third-order valence-electron chi connectivity index (χ3n) is 6.25. The number of fused-ring (bicyclic) bond motifs is 3. The summed E-state index contributed by atoms with van der Waals surface area (Å²) in [5.41, 5.74) is 1.82. The van der Waals surface area contributed by atoms with Crippen LogP contribution < -0.4 is 5.56 Å². The fourth-order valence-corrected chi connectivity index (χ4v) is 4.77. The van der Waals surface area contributed by atoms with Crippen molar-refractivity contribution in [3.8, 4) is 17.5 Å². The highest BCUT2D eigenvalue weighted by Crippen LogP contribution is 2.48. The van der Waals surface area contributed by atoms with Crippen LogP contribution in [0.2, 0.25) is 0 Å². The molecule has 0 N–H and O–H groups in total. The average Bonchev–Trinajstić information content (AvgIpc) is 2.68. The van der Waals surface area contributed by atoms with E-state index >= 15 is 0 Å². The lowest BCUT2D eigenvalue weighted by Crippen LogP contribution is -2.48. The molecule has 27 heavy (non-hydrogen) atoms. The van der Waals surface area contributed by atoms with Crippen molar-refractivity contribution in [2.24, 2.45) is 18.9 Å². The molecule has 0 fully saturated rings. The molecular formula is C22H21N3O2. The Bertz CT molecular complexity index is 1080. The number of nitrogens with zero attached hydrogens (tertiary/aromatic N) is 3. The number of ketones is 1. The van der Waals surface area contributed by atoms with Crippen LogP contribution in [0.4, 0.5) is 0 Å². The van der Waals surface area contributed by atoms with E-state index < -0.39 is 5.41 Å². The molecule has 0 saturated carbocycles. The summed E-state index contributed by atoms with van der Waals surface area (Å²) in [7, 11) is 1.75. The maximum Gasteiger partial charge on any atom is 0.256 e. The van der Waals surface area contributed by atoms with Crippen molar-refractivity contribution in [3.63, 3.8) is 0 Å². The second kappa shape index (κ2) is 6.02. The molecule has 0 radical (unpaired) electrons. The molecule has 3 atom stereocenters. The number of hydrogen-bond acceptors (Lipinski definition) is 4. The van der Waals surface area contributed by atoms with Gasteiger partial charge in [0.25, 0.3) is 5.56 Å². The third-order valence-corrected chi connectivity index (χ3v) is 6.25. The summed E-state index contributed by atoms with van der Waals surface area (Å²) in [5.74, 6) is 0.292. The van der Waals surface area contributed by atoms with E-state index in [4.69, 9.17) is 4.98 Å². The second-order valence-corrected chi connectivity index (χ2v) is 7.74. The minimum absolute atomic E-state index is 0.0397. The second-order valence-electron chi connectivity index (χ2n) is 7.74. The van der Waals surface area contributed by atoms with E-state index in [1.807, 2.05) is 50.2 Å². The fraction of sp³-hybridized carbons (Fsp3) is 0.364. The van der Waals surface area contributed by atoms with Gasteiger partial charge in [-0.15, -0.1) is 0 Å². The first-order valence-electron chi connectivity index (χ1n) is 9.21. The van der Waals surface area contributed by atoms with E-state index in [0.717, 1.165) is 12.0 Å². The molecule has 5 heteroatoms. The lowest BCUT2D eigenvalue weighted by Gasteiger charge is -2.45. The van der Waals surface area contributed by atoms with Crippen LogP contribution in [0.25, 0.3) is 11.4 Å². The number of aromatic nitrogens is 2. The molecule has 4 rings (SSSR count). The first-order valence-corrected chi connectivity index (χ1v) is 9.21. The molecule has 1 heterocycles. The number of carbonyl (C=O) groups excluding carboxylic acids is 1. The van der Waals surface area contributed by atoms with Gasteiger partial charge in [0.05, 0.1) is 11.3 Å². The summed E-state index contributed by atoms with van der Waals surface area (Å²) in [4.78, 5) is 30.5. The predicted molar refractivity (Wildman–Crippen MR) is 102 cm³/mol. The Morgan fingerprint density at radius 2 is 1.96 bits per heavy atom. The van der Waals surface area contributed by atoms with Gasteiger partial charge in [-0.3, -0.25) is 14.2 Å². The van der Waals surface area contributed by atoms with Gasteiger partial charge in [-0.2, -0.15) is 5.26 Å². The molecule has 2 aromatic rings. The van der Waals surface area contributed by atoms with E-state index in [0.29, 0.717) is 23.5 Å². The number of benzene rings is 1. The van der Waals surface area contributed by atoms with Crippen molar-refractivity contribution < 1.29 is 4.79 Å². The molecule has 1 aromatic heterocycles. The molecule has 0 spiro atoms. The molecule has 5 nitrogen and oxygen atoms in total. The van der Waals surface area contributed by atoms with Gasteiger partial charge in [-0.25, -0.2) is 4.98 Å². The maximum atomic E-state index is 13.1. The lowest BCUT2D eigenvalue weighted by molar-refractivity contribution is -0.121. The highest BCUT2D eigenvalue weighted by Gasteiger charge is 2.49. The van der Waals surface area contributed by atoms with Crippen LogP contribution in [0.1, 0.15) is 31.5 Å². The first-order chi connectivity index (χ1) is 12.9.